The van der Waals surface area contributed by atoms with Crippen molar-refractivity contribution in [2.45, 2.75) is 116 Å². The first-order valence-corrected chi connectivity index (χ1v) is 12.4. The SMILES string of the molecule is CCCCCCCCCCCCCCCCC=COC(=O)CCC(=O)OCCS. The van der Waals surface area contributed by atoms with E-state index in [2.05, 4.69) is 19.6 Å². The Hall–Kier alpha value is -0.970. The highest BCUT2D eigenvalue weighted by atomic mass is 32.1. The number of unbranched alkanes of at least 4 members (excludes halogenated alkanes) is 14. The maximum atomic E-state index is 11.5. The van der Waals surface area contributed by atoms with Gasteiger partial charge in [0.25, 0.3) is 0 Å². The van der Waals surface area contributed by atoms with E-state index in [4.69, 9.17) is 9.47 Å². The molecule has 170 valence electrons. The zero-order valence-corrected chi connectivity index (χ0v) is 19.6. The molecule has 0 saturated carbocycles. The van der Waals surface area contributed by atoms with E-state index in [1.807, 2.05) is 6.08 Å². The van der Waals surface area contributed by atoms with Gasteiger partial charge in [0, 0.05) is 5.75 Å². The molecule has 0 fully saturated rings. The van der Waals surface area contributed by atoms with Crippen LogP contribution in [0.4, 0.5) is 0 Å². The summed E-state index contributed by atoms with van der Waals surface area (Å²) in [5.41, 5.74) is 0. The molecule has 0 aromatic heterocycles. The zero-order valence-electron chi connectivity index (χ0n) is 18.7. The van der Waals surface area contributed by atoms with Crippen molar-refractivity contribution in [1.29, 1.82) is 0 Å². The molecule has 0 unspecified atom stereocenters. The van der Waals surface area contributed by atoms with E-state index in [-0.39, 0.29) is 25.4 Å². The summed E-state index contributed by atoms with van der Waals surface area (Å²) in [5.74, 6) is -0.300. The van der Waals surface area contributed by atoms with Crippen LogP contribution in [-0.2, 0) is 19.1 Å². The molecule has 0 atom stereocenters. The summed E-state index contributed by atoms with van der Waals surface area (Å²) in [7, 11) is 0. The molecule has 29 heavy (non-hydrogen) atoms. The molecule has 0 aliphatic carbocycles. The van der Waals surface area contributed by atoms with Crippen molar-refractivity contribution in [1.82, 2.24) is 0 Å². The minimum Gasteiger partial charge on any atom is -0.465 e. The second-order valence-corrected chi connectivity index (χ2v) is 8.14. The van der Waals surface area contributed by atoms with E-state index in [0.29, 0.717) is 5.75 Å². The van der Waals surface area contributed by atoms with Gasteiger partial charge in [-0.15, -0.1) is 0 Å². The number of hydrogen-bond acceptors (Lipinski definition) is 5. The summed E-state index contributed by atoms with van der Waals surface area (Å²) < 4.78 is 9.81. The van der Waals surface area contributed by atoms with Gasteiger partial charge in [0.1, 0.15) is 6.61 Å². The molecule has 0 heterocycles. The summed E-state index contributed by atoms with van der Waals surface area (Å²) in [4.78, 5) is 22.7. The van der Waals surface area contributed by atoms with Crippen molar-refractivity contribution in [3.05, 3.63) is 12.3 Å². The molecule has 4 nitrogen and oxygen atoms in total. The van der Waals surface area contributed by atoms with Gasteiger partial charge in [0.05, 0.1) is 19.1 Å². The van der Waals surface area contributed by atoms with Crippen LogP contribution in [0.3, 0.4) is 0 Å². The highest BCUT2D eigenvalue weighted by Gasteiger charge is 2.07. The molecule has 0 radical (unpaired) electrons. The van der Waals surface area contributed by atoms with E-state index in [1.54, 1.807) is 0 Å². The lowest BCUT2D eigenvalue weighted by Crippen LogP contribution is -2.09. The van der Waals surface area contributed by atoms with Crippen LogP contribution in [0, 0.1) is 0 Å². The Morgan fingerprint density at radius 2 is 1.21 bits per heavy atom. The lowest BCUT2D eigenvalue weighted by molar-refractivity contribution is -0.147. The van der Waals surface area contributed by atoms with Crippen molar-refractivity contribution in [3.63, 3.8) is 0 Å². The second-order valence-electron chi connectivity index (χ2n) is 7.69. The third-order valence-electron chi connectivity index (χ3n) is 4.91. The zero-order chi connectivity index (χ0) is 21.4. The van der Waals surface area contributed by atoms with Crippen molar-refractivity contribution in [3.8, 4) is 0 Å². The maximum Gasteiger partial charge on any atom is 0.311 e. The molecule has 0 aliphatic rings. The number of carbonyl (C=O) groups is 2. The van der Waals surface area contributed by atoms with Crippen LogP contribution in [0.5, 0.6) is 0 Å². The highest BCUT2D eigenvalue weighted by Crippen LogP contribution is 2.13. The number of rotatable bonds is 21. The third kappa shape index (κ3) is 23.2. The predicted molar refractivity (Wildman–Crippen MR) is 124 cm³/mol. The Balaban J connectivity index is 3.27. The van der Waals surface area contributed by atoms with E-state index in [9.17, 15) is 9.59 Å². The van der Waals surface area contributed by atoms with Crippen LogP contribution in [0.2, 0.25) is 0 Å². The second kappa shape index (κ2) is 23.3. The quantitative estimate of drug-likeness (QED) is 0.0911. The lowest BCUT2D eigenvalue weighted by atomic mass is 10.0. The molecular formula is C24H44O4S. The highest BCUT2D eigenvalue weighted by molar-refractivity contribution is 7.80. The average Bonchev–Trinajstić information content (AvgIpc) is 2.72. The Kier molecular flexibility index (Phi) is 22.5. The summed E-state index contributed by atoms with van der Waals surface area (Å²) in [6.07, 6.45) is 23.3. The topological polar surface area (TPSA) is 52.6 Å². The minimum absolute atomic E-state index is 0.0502. The van der Waals surface area contributed by atoms with Crippen molar-refractivity contribution < 1.29 is 19.1 Å². The standard InChI is InChI=1S/C24H44O4S/c1-2-3-4-5-6-7-8-9-10-11-12-13-14-15-16-17-20-27-23(25)18-19-24(26)28-21-22-29/h17,20,29H,2-16,18-19,21-22H2,1H3. The molecule has 0 amide bonds. The molecular weight excluding hydrogens is 384 g/mol. The van der Waals surface area contributed by atoms with E-state index in [0.717, 1.165) is 12.8 Å². The molecule has 0 spiro atoms. The van der Waals surface area contributed by atoms with Crippen LogP contribution in [-0.4, -0.2) is 24.3 Å². The van der Waals surface area contributed by atoms with Gasteiger partial charge in [-0.1, -0.05) is 90.4 Å². The average molecular weight is 429 g/mol. The van der Waals surface area contributed by atoms with Crippen LogP contribution in [0.1, 0.15) is 116 Å². The van der Waals surface area contributed by atoms with Gasteiger partial charge in [0.15, 0.2) is 0 Å². The summed E-state index contributed by atoms with van der Waals surface area (Å²) in [5, 5.41) is 0. The molecule has 0 aromatic carbocycles. The Morgan fingerprint density at radius 1 is 0.724 bits per heavy atom. The monoisotopic (exact) mass is 428 g/mol. The van der Waals surface area contributed by atoms with Crippen LogP contribution in [0.15, 0.2) is 12.3 Å². The molecule has 0 rings (SSSR count). The van der Waals surface area contributed by atoms with Gasteiger partial charge < -0.3 is 9.47 Å². The van der Waals surface area contributed by atoms with Gasteiger partial charge in [0.2, 0.25) is 0 Å². The molecule has 5 heteroatoms. The first kappa shape index (κ1) is 28.0. The molecule has 0 N–H and O–H groups in total. The molecule has 0 aromatic rings. The number of hydrogen-bond donors (Lipinski definition) is 1. The number of esters is 2. The van der Waals surface area contributed by atoms with Crippen molar-refractivity contribution in [2.75, 3.05) is 12.4 Å². The largest absolute Gasteiger partial charge is 0.465 e. The van der Waals surface area contributed by atoms with E-state index < -0.39 is 5.97 Å². The Bertz CT molecular complexity index is 410. The molecule has 0 bridgehead atoms. The van der Waals surface area contributed by atoms with Crippen LogP contribution >= 0.6 is 12.6 Å². The third-order valence-corrected chi connectivity index (χ3v) is 5.09. The molecule has 0 saturated heterocycles. The summed E-state index contributed by atoms with van der Waals surface area (Å²) >= 11 is 3.95. The lowest BCUT2D eigenvalue weighted by Gasteiger charge is -2.03. The van der Waals surface area contributed by atoms with Crippen molar-refractivity contribution >= 4 is 24.6 Å². The van der Waals surface area contributed by atoms with Gasteiger partial charge in [-0.25, -0.2) is 0 Å². The van der Waals surface area contributed by atoms with Gasteiger partial charge >= 0.3 is 11.9 Å². The van der Waals surface area contributed by atoms with Crippen molar-refractivity contribution in [2.24, 2.45) is 0 Å². The first-order valence-electron chi connectivity index (χ1n) is 11.8. The van der Waals surface area contributed by atoms with Crippen LogP contribution in [0.25, 0.3) is 0 Å². The fourth-order valence-electron chi connectivity index (χ4n) is 3.14. The van der Waals surface area contributed by atoms with Crippen LogP contribution < -0.4 is 0 Å². The number of allylic oxidation sites excluding steroid dienone is 1. The Labute approximate surface area is 184 Å². The maximum absolute atomic E-state index is 11.5. The fraction of sp³-hybridized carbons (Fsp3) is 0.833. The van der Waals surface area contributed by atoms with Gasteiger partial charge in [-0.3, -0.25) is 9.59 Å². The minimum atomic E-state index is -0.398. The van der Waals surface area contributed by atoms with E-state index >= 15 is 0 Å². The number of thiol groups is 1. The van der Waals surface area contributed by atoms with Gasteiger partial charge in [-0.05, 0) is 18.9 Å². The number of carbonyl (C=O) groups excluding carboxylic acids is 2. The fourth-order valence-corrected chi connectivity index (χ4v) is 3.23. The van der Waals surface area contributed by atoms with E-state index in [1.165, 1.54) is 89.7 Å². The summed E-state index contributed by atoms with van der Waals surface area (Å²) in [6, 6.07) is 0. The van der Waals surface area contributed by atoms with Gasteiger partial charge in [-0.2, -0.15) is 12.6 Å². The number of ether oxygens (including phenoxy) is 2. The summed E-state index contributed by atoms with van der Waals surface area (Å²) in [6.45, 7) is 2.54. The first-order chi connectivity index (χ1) is 14.2. The smallest absolute Gasteiger partial charge is 0.311 e. The normalized spacial score (nSPS) is 11.1. The molecule has 0 aliphatic heterocycles. The predicted octanol–water partition coefficient (Wildman–Crippen LogP) is 7.17. The Morgan fingerprint density at radius 3 is 1.72 bits per heavy atom.